The molecule has 0 bridgehead atoms. The molecule has 0 aliphatic carbocycles. The zero-order valence-electron chi connectivity index (χ0n) is 15.5. The third-order valence-electron chi connectivity index (χ3n) is 4.02. The fraction of sp³-hybridized carbons (Fsp3) is 0.278. The molecule has 28 heavy (non-hydrogen) atoms. The number of carbonyl (C=O) groups excluding carboxylic acids is 1. The molecule has 10 heteroatoms. The van der Waals surface area contributed by atoms with E-state index >= 15 is 0 Å². The van der Waals surface area contributed by atoms with Gasteiger partial charge in [0.05, 0.1) is 12.6 Å². The Kier molecular flexibility index (Phi) is 5.50. The smallest absolute Gasteiger partial charge is 0.332 e. The minimum atomic E-state index is -1.29. The lowest BCUT2D eigenvalue weighted by molar-refractivity contribution is -0.301. The molecule has 0 saturated heterocycles. The van der Waals surface area contributed by atoms with Gasteiger partial charge in [0.15, 0.2) is 11.5 Å². The van der Waals surface area contributed by atoms with Gasteiger partial charge in [0.2, 0.25) is 0 Å². The summed E-state index contributed by atoms with van der Waals surface area (Å²) in [5.74, 6) is -0.735. The zero-order valence-corrected chi connectivity index (χ0v) is 16.3. The Morgan fingerprint density at radius 3 is 2.43 bits per heavy atom. The van der Waals surface area contributed by atoms with E-state index in [1.54, 1.807) is 24.3 Å². The molecule has 1 aromatic carbocycles. The summed E-state index contributed by atoms with van der Waals surface area (Å²) in [5, 5.41) is 11.2. The van der Waals surface area contributed by atoms with Gasteiger partial charge < -0.3 is 14.6 Å². The van der Waals surface area contributed by atoms with Gasteiger partial charge in [-0.15, -0.1) is 0 Å². The predicted octanol–water partition coefficient (Wildman–Crippen LogP) is -0.0651. The second-order valence-corrected chi connectivity index (χ2v) is 6.84. The van der Waals surface area contributed by atoms with Crippen LogP contribution in [-0.2, 0) is 18.9 Å². The van der Waals surface area contributed by atoms with E-state index in [1.807, 2.05) is 6.92 Å². The Balaban J connectivity index is 2.26. The number of thioether (sulfide) groups is 1. The van der Waals surface area contributed by atoms with E-state index in [2.05, 4.69) is 9.97 Å². The van der Waals surface area contributed by atoms with Crippen molar-refractivity contribution < 1.29 is 14.6 Å². The van der Waals surface area contributed by atoms with Gasteiger partial charge in [0.1, 0.15) is 16.2 Å². The number of aryl methyl sites for hydroxylation is 1. The van der Waals surface area contributed by atoms with Crippen LogP contribution in [0.25, 0.3) is 22.4 Å². The van der Waals surface area contributed by atoms with Crippen LogP contribution in [0, 0.1) is 0 Å². The van der Waals surface area contributed by atoms with Crippen molar-refractivity contribution in [2.24, 2.45) is 14.1 Å². The summed E-state index contributed by atoms with van der Waals surface area (Å²) in [7, 11) is 2.84. The van der Waals surface area contributed by atoms with Crippen LogP contribution in [0.15, 0.2) is 38.9 Å². The van der Waals surface area contributed by atoms with E-state index in [0.29, 0.717) is 17.9 Å². The Hall–Kier alpha value is -3.14. The van der Waals surface area contributed by atoms with Crippen LogP contribution in [0.5, 0.6) is 5.75 Å². The van der Waals surface area contributed by atoms with Gasteiger partial charge in [0, 0.05) is 25.4 Å². The van der Waals surface area contributed by atoms with Crippen molar-refractivity contribution in [3.8, 4) is 17.1 Å². The summed E-state index contributed by atoms with van der Waals surface area (Å²) < 4.78 is 7.58. The summed E-state index contributed by atoms with van der Waals surface area (Å²) >= 11 is 0.849. The SMILES string of the molecule is CCOc1ccc(-c2nc(SCC(=O)[O-])c3c(=O)n(C)c(=O)n(C)c3n2)cc1. The standard InChI is InChI=1S/C18H18N4O5S/c1-4-27-11-7-5-10(6-8-11)14-19-15-13(16(20-14)28-9-12(23)24)17(25)22(3)18(26)21(15)2/h5-8H,4,9H2,1-3H3,(H,23,24)/p-1. The number of ether oxygens (including phenoxy) is 1. The number of nitrogens with zero attached hydrogens (tertiary/aromatic N) is 4. The van der Waals surface area contributed by atoms with Crippen molar-refractivity contribution in [3.63, 3.8) is 0 Å². The van der Waals surface area contributed by atoms with Crippen molar-refractivity contribution in [1.29, 1.82) is 0 Å². The lowest BCUT2D eigenvalue weighted by Crippen LogP contribution is -2.37. The van der Waals surface area contributed by atoms with Crippen molar-refractivity contribution in [2.75, 3.05) is 12.4 Å². The number of benzene rings is 1. The molecule has 146 valence electrons. The lowest BCUT2D eigenvalue weighted by atomic mass is 10.2. The van der Waals surface area contributed by atoms with E-state index in [1.165, 1.54) is 18.7 Å². The summed E-state index contributed by atoms with van der Waals surface area (Å²) in [6, 6.07) is 7.00. The third-order valence-corrected chi connectivity index (χ3v) is 4.97. The quantitative estimate of drug-likeness (QED) is 0.416. The van der Waals surface area contributed by atoms with E-state index in [9.17, 15) is 19.5 Å². The highest BCUT2D eigenvalue weighted by molar-refractivity contribution is 8.00. The van der Waals surface area contributed by atoms with Crippen LogP contribution in [0.1, 0.15) is 6.92 Å². The van der Waals surface area contributed by atoms with Crippen molar-refractivity contribution in [3.05, 3.63) is 45.1 Å². The summed E-state index contributed by atoms with van der Waals surface area (Å²) in [6.45, 7) is 2.41. The Morgan fingerprint density at radius 2 is 1.82 bits per heavy atom. The fourth-order valence-corrected chi connectivity index (χ4v) is 3.39. The molecule has 0 amide bonds. The average Bonchev–Trinajstić information content (AvgIpc) is 2.69. The van der Waals surface area contributed by atoms with Gasteiger partial charge >= 0.3 is 5.69 Å². The fourth-order valence-electron chi connectivity index (χ4n) is 2.66. The first-order valence-corrected chi connectivity index (χ1v) is 9.35. The van der Waals surface area contributed by atoms with Crippen LogP contribution in [-0.4, -0.2) is 37.4 Å². The second-order valence-electron chi connectivity index (χ2n) is 5.87. The number of aromatic nitrogens is 4. The molecule has 0 radical (unpaired) electrons. The molecule has 0 unspecified atom stereocenters. The monoisotopic (exact) mass is 401 g/mol. The maximum absolute atomic E-state index is 12.6. The highest BCUT2D eigenvalue weighted by atomic mass is 32.2. The summed E-state index contributed by atoms with van der Waals surface area (Å²) in [6.07, 6.45) is 0. The lowest BCUT2D eigenvalue weighted by Gasteiger charge is -2.12. The van der Waals surface area contributed by atoms with E-state index in [4.69, 9.17) is 4.74 Å². The number of carboxylic acids is 1. The van der Waals surface area contributed by atoms with Gasteiger partial charge in [0.25, 0.3) is 5.56 Å². The van der Waals surface area contributed by atoms with Crippen molar-refractivity contribution in [2.45, 2.75) is 11.9 Å². The number of hydrogen-bond acceptors (Lipinski definition) is 8. The van der Waals surface area contributed by atoms with Crippen LogP contribution in [0.2, 0.25) is 0 Å². The predicted molar refractivity (Wildman–Crippen MR) is 102 cm³/mol. The number of fused-ring (bicyclic) bond motifs is 1. The first kappa shape index (κ1) is 19.6. The van der Waals surface area contributed by atoms with Crippen molar-refractivity contribution >= 4 is 28.8 Å². The minimum absolute atomic E-state index is 0.0885. The molecular formula is C18H17N4O5S-. The summed E-state index contributed by atoms with van der Waals surface area (Å²) in [4.78, 5) is 44.6. The molecule has 3 rings (SSSR count). The van der Waals surface area contributed by atoms with Gasteiger partial charge in [-0.3, -0.25) is 13.9 Å². The van der Waals surface area contributed by atoms with Crippen LogP contribution in [0.3, 0.4) is 0 Å². The highest BCUT2D eigenvalue weighted by Gasteiger charge is 2.18. The molecule has 3 aromatic rings. The Labute approximate surface area is 163 Å². The molecule has 0 fully saturated rings. The van der Waals surface area contributed by atoms with Crippen LogP contribution < -0.4 is 21.1 Å². The molecule has 0 saturated carbocycles. The topological polar surface area (TPSA) is 119 Å². The average molecular weight is 401 g/mol. The maximum atomic E-state index is 12.6. The zero-order chi connectivity index (χ0) is 20.4. The van der Waals surface area contributed by atoms with Crippen LogP contribution in [0.4, 0.5) is 0 Å². The third kappa shape index (κ3) is 3.63. The molecular weight excluding hydrogens is 384 g/mol. The molecule has 0 N–H and O–H groups in total. The first-order valence-electron chi connectivity index (χ1n) is 8.37. The number of rotatable bonds is 6. The number of hydrogen-bond donors (Lipinski definition) is 0. The molecule has 9 nitrogen and oxygen atoms in total. The van der Waals surface area contributed by atoms with Crippen molar-refractivity contribution in [1.82, 2.24) is 19.1 Å². The number of carboxylic acid groups (broad SMARTS) is 1. The summed E-state index contributed by atoms with van der Waals surface area (Å²) in [5.41, 5.74) is -0.358. The normalized spacial score (nSPS) is 11.0. The molecule has 0 atom stereocenters. The Bertz CT molecular complexity index is 1170. The minimum Gasteiger partial charge on any atom is -0.549 e. The van der Waals surface area contributed by atoms with Gasteiger partial charge in [-0.2, -0.15) is 0 Å². The molecule has 0 spiro atoms. The number of carbonyl (C=O) groups is 1. The van der Waals surface area contributed by atoms with E-state index in [0.717, 1.165) is 16.3 Å². The highest BCUT2D eigenvalue weighted by Crippen LogP contribution is 2.26. The van der Waals surface area contributed by atoms with Gasteiger partial charge in [-0.1, -0.05) is 11.8 Å². The number of aliphatic carboxylic acids is 1. The molecule has 2 heterocycles. The van der Waals surface area contributed by atoms with E-state index < -0.39 is 17.2 Å². The van der Waals surface area contributed by atoms with Gasteiger partial charge in [-0.25, -0.2) is 14.8 Å². The first-order chi connectivity index (χ1) is 13.3. The largest absolute Gasteiger partial charge is 0.549 e. The second kappa shape index (κ2) is 7.85. The Morgan fingerprint density at radius 1 is 1.14 bits per heavy atom. The molecule has 0 aliphatic rings. The van der Waals surface area contributed by atoms with Gasteiger partial charge in [-0.05, 0) is 31.2 Å². The van der Waals surface area contributed by atoms with E-state index in [-0.39, 0.29) is 27.6 Å². The van der Waals surface area contributed by atoms with Crippen LogP contribution >= 0.6 is 11.8 Å². The molecule has 2 aromatic heterocycles. The molecule has 0 aliphatic heterocycles. The maximum Gasteiger partial charge on any atom is 0.332 e.